The molecule has 2 aromatic carbocycles. The molecule has 1 aliphatic rings. The molecule has 0 bridgehead atoms. The minimum absolute atomic E-state index is 0.0533. The van der Waals surface area contributed by atoms with Gasteiger partial charge >= 0.3 is 0 Å². The molecule has 0 radical (unpaired) electrons. The number of carbonyl (C=O) groups excluding carboxylic acids is 2. The zero-order valence-electron chi connectivity index (χ0n) is 18.1. The maximum atomic E-state index is 13.0. The van der Waals surface area contributed by atoms with Crippen molar-refractivity contribution in [3.63, 3.8) is 0 Å². The number of nitrogens with zero attached hydrogens (tertiary/aromatic N) is 1. The predicted molar refractivity (Wildman–Crippen MR) is 122 cm³/mol. The van der Waals surface area contributed by atoms with E-state index >= 15 is 0 Å². The highest BCUT2D eigenvalue weighted by atomic mass is 32.2. The third-order valence-corrected chi connectivity index (χ3v) is 6.49. The number of hydrogen-bond donors (Lipinski definition) is 3. The van der Waals surface area contributed by atoms with Crippen LogP contribution in [-0.2, 0) is 24.3 Å². The van der Waals surface area contributed by atoms with E-state index in [9.17, 15) is 18.0 Å². The number of fused-ring (bicyclic) bond motifs is 1. The van der Waals surface area contributed by atoms with Crippen molar-refractivity contribution < 1.29 is 22.7 Å². The van der Waals surface area contributed by atoms with Crippen LogP contribution in [-0.4, -0.2) is 45.8 Å². The van der Waals surface area contributed by atoms with Crippen LogP contribution in [0.25, 0.3) is 0 Å². The second-order valence-corrected chi connectivity index (χ2v) is 9.11. The lowest BCUT2D eigenvalue weighted by atomic mass is 9.98. The van der Waals surface area contributed by atoms with Gasteiger partial charge in [0.05, 0.1) is 4.90 Å². The summed E-state index contributed by atoms with van der Waals surface area (Å²) < 4.78 is 32.0. The summed E-state index contributed by atoms with van der Waals surface area (Å²) in [6.45, 7) is 3.77. The Bertz CT molecular complexity index is 1130. The van der Waals surface area contributed by atoms with Crippen LogP contribution >= 0.6 is 0 Å². The first kappa shape index (κ1) is 23.4. The van der Waals surface area contributed by atoms with Gasteiger partial charge in [-0.2, -0.15) is 0 Å². The highest BCUT2D eigenvalue weighted by Crippen LogP contribution is 2.24. The molecule has 32 heavy (non-hydrogen) atoms. The van der Waals surface area contributed by atoms with E-state index in [4.69, 9.17) is 4.74 Å². The van der Waals surface area contributed by atoms with Gasteiger partial charge in [-0.1, -0.05) is 32.4 Å². The van der Waals surface area contributed by atoms with Gasteiger partial charge in [-0.3, -0.25) is 19.3 Å². The Balaban J connectivity index is 1.80. The topological polar surface area (TPSA) is 126 Å². The second-order valence-electron chi connectivity index (χ2n) is 7.46. The number of aliphatic imine (C=N–C) groups is 1. The monoisotopic (exact) mass is 458 g/mol. The average molecular weight is 459 g/mol. The molecule has 0 saturated heterocycles. The molecule has 0 spiro atoms. The molecule has 2 aromatic rings. The Morgan fingerprint density at radius 2 is 1.69 bits per heavy atom. The maximum Gasteiger partial charge on any atom is 0.263 e. The summed E-state index contributed by atoms with van der Waals surface area (Å²) in [5.41, 5.74) is 1.55. The molecule has 0 saturated carbocycles. The van der Waals surface area contributed by atoms with Crippen LogP contribution < -0.4 is 15.4 Å². The Labute approximate surface area is 187 Å². The van der Waals surface area contributed by atoms with Gasteiger partial charge in [-0.05, 0) is 42.3 Å². The summed E-state index contributed by atoms with van der Waals surface area (Å²) in [4.78, 5) is 29.3. The average Bonchev–Trinajstić information content (AvgIpc) is 3.03. The molecule has 0 aliphatic carbocycles. The van der Waals surface area contributed by atoms with Crippen molar-refractivity contribution in [1.29, 1.82) is 0 Å². The van der Waals surface area contributed by atoms with Gasteiger partial charge in [0.25, 0.3) is 10.0 Å². The van der Waals surface area contributed by atoms with Gasteiger partial charge in [-0.15, -0.1) is 0 Å². The summed E-state index contributed by atoms with van der Waals surface area (Å²) in [6.07, 6.45) is 0.674. The normalized spacial score (nSPS) is 17.2. The summed E-state index contributed by atoms with van der Waals surface area (Å²) in [7, 11) is -2.26. The standard InChI is InChI=1S/C22H26N4O5S/c1-4-14(2)20(25-21-17-7-5-6-8-18(17)32(29,30)26-21)22(28)24-16-11-9-15(10-12-16)23-19(27)13-31-3/h5-12,14,20H,4,13H2,1-3H3,(H,23,27)(H,24,28)(H,25,26)/t14-,20-/m0/s1. The third-order valence-electron chi connectivity index (χ3n) is 5.09. The molecule has 170 valence electrons. The van der Waals surface area contributed by atoms with Gasteiger partial charge < -0.3 is 15.4 Å². The highest BCUT2D eigenvalue weighted by molar-refractivity contribution is 7.90. The van der Waals surface area contributed by atoms with Gasteiger partial charge in [-0.25, -0.2) is 8.42 Å². The zero-order valence-corrected chi connectivity index (χ0v) is 18.9. The number of hydrogen-bond acceptors (Lipinski definition) is 6. The molecule has 0 fully saturated rings. The Hall–Kier alpha value is -3.24. The van der Waals surface area contributed by atoms with Gasteiger partial charge in [0.15, 0.2) is 0 Å². The summed E-state index contributed by atoms with van der Waals surface area (Å²) >= 11 is 0. The predicted octanol–water partition coefficient (Wildman–Crippen LogP) is 2.36. The van der Waals surface area contributed by atoms with Gasteiger partial charge in [0.2, 0.25) is 11.8 Å². The first-order valence-corrected chi connectivity index (χ1v) is 11.6. The number of sulfonamides is 1. The summed E-state index contributed by atoms with van der Waals surface area (Å²) in [6, 6.07) is 12.4. The quantitative estimate of drug-likeness (QED) is 0.560. The van der Waals surface area contributed by atoms with Crippen molar-refractivity contribution in [3.05, 3.63) is 54.1 Å². The summed E-state index contributed by atoms with van der Waals surface area (Å²) in [5, 5.41) is 5.50. The Kier molecular flexibility index (Phi) is 7.26. The fourth-order valence-electron chi connectivity index (χ4n) is 3.22. The van der Waals surface area contributed by atoms with E-state index in [1.165, 1.54) is 13.2 Å². The van der Waals surface area contributed by atoms with Crippen LogP contribution in [0.4, 0.5) is 11.4 Å². The van der Waals surface area contributed by atoms with Crippen LogP contribution in [0.2, 0.25) is 0 Å². The molecule has 10 heteroatoms. The number of rotatable bonds is 8. The number of nitrogens with one attached hydrogen (secondary N) is 3. The number of anilines is 2. The first-order valence-electron chi connectivity index (χ1n) is 10.1. The molecule has 0 aromatic heterocycles. The number of amides is 2. The molecular weight excluding hydrogens is 432 g/mol. The number of ether oxygens (including phenoxy) is 1. The van der Waals surface area contributed by atoms with E-state index in [2.05, 4.69) is 20.3 Å². The lowest BCUT2D eigenvalue weighted by molar-refractivity contribution is -0.120. The van der Waals surface area contributed by atoms with E-state index < -0.39 is 16.1 Å². The lowest BCUT2D eigenvalue weighted by Gasteiger charge is -2.19. The van der Waals surface area contributed by atoms with Gasteiger partial charge in [0, 0.05) is 24.0 Å². The zero-order chi connectivity index (χ0) is 23.3. The van der Waals surface area contributed by atoms with E-state index in [0.717, 1.165) is 0 Å². The lowest BCUT2D eigenvalue weighted by Crippen LogP contribution is -2.34. The third kappa shape index (κ3) is 5.32. The van der Waals surface area contributed by atoms with Crippen molar-refractivity contribution in [1.82, 2.24) is 4.72 Å². The largest absolute Gasteiger partial charge is 0.375 e. The minimum atomic E-state index is -3.69. The molecule has 1 heterocycles. The highest BCUT2D eigenvalue weighted by Gasteiger charge is 2.33. The minimum Gasteiger partial charge on any atom is -0.375 e. The fraction of sp³-hybridized carbons (Fsp3) is 0.318. The molecule has 1 aliphatic heterocycles. The fourth-order valence-corrected chi connectivity index (χ4v) is 4.46. The molecule has 0 unspecified atom stereocenters. The van der Waals surface area contributed by atoms with E-state index in [-0.39, 0.29) is 35.1 Å². The van der Waals surface area contributed by atoms with Crippen LogP contribution in [0.5, 0.6) is 0 Å². The van der Waals surface area contributed by atoms with E-state index in [1.54, 1.807) is 42.5 Å². The van der Waals surface area contributed by atoms with Crippen molar-refractivity contribution in [2.75, 3.05) is 24.4 Å². The number of methoxy groups -OCH3 is 1. The Morgan fingerprint density at radius 1 is 1.06 bits per heavy atom. The van der Waals surface area contributed by atoms with Crippen LogP contribution in [0.15, 0.2) is 58.4 Å². The molecule has 3 rings (SSSR count). The number of benzene rings is 2. The van der Waals surface area contributed by atoms with Crippen molar-refractivity contribution in [2.45, 2.75) is 31.2 Å². The van der Waals surface area contributed by atoms with Crippen LogP contribution in [0, 0.1) is 5.92 Å². The first-order chi connectivity index (χ1) is 15.2. The number of carbonyl (C=O) groups is 2. The van der Waals surface area contributed by atoms with Crippen molar-refractivity contribution in [2.24, 2.45) is 10.9 Å². The van der Waals surface area contributed by atoms with E-state index in [0.29, 0.717) is 23.4 Å². The molecular formula is C22H26N4O5S. The molecule has 2 atom stereocenters. The second kappa shape index (κ2) is 9.92. The maximum absolute atomic E-state index is 13.0. The van der Waals surface area contributed by atoms with Crippen molar-refractivity contribution >= 4 is 39.0 Å². The summed E-state index contributed by atoms with van der Waals surface area (Å²) in [5.74, 6) is -0.604. The number of amidine groups is 1. The molecule has 3 N–H and O–H groups in total. The van der Waals surface area contributed by atoms with Gasteiger partial charge in [0.1, 0.15) is 18.5 Å². The molecule has 9 nitrogen and oxygen atoms in total. The van der Waals surface area contributed by atoms with Crippen molar-refractivity contribution in [3.8, 4) is 0 Å². The van der Waals surface area contributed by atoms with Crippen LogP contribution in [0.3, 0.4) is 0 Å². The smallest absolute Gasteiger partial charge is 0.263 e. The SMILES string of the molecule is CC[C@H](C)[C@H](N=C1NS(=O)(=O)c2ccccc21)C(=O)Nc1ccc(NC(=O)COC)cc1. The van der Waals surface area contributed by atoms with E-state index in [1.807, 2.05) is 13.8 Å². The van der Waals surface area contributed by atoms with Crippen LogP contribution in [0.1, 0.15) is 25.8 Å². The molecule has 2 amide bonds. The Morgan fingerprint density at radius 3 is 2.31 bits per heavy atom.